The molecule has 3 nitrogen and oxygen atoms in total. The number of thiazole rings is 1. The molecule has 0 aliphatic heterocycles. The first-order valence-electron chi connectivity index (χ1n) is 5.80. The molecule has 16 heavy (non-hydrogen) atoms. The number of rotatable bonds is 3. The third kappa shape index (κ3) is 2.44. The maximum atomic E-state index is 10.6. The molecule has 0 radical (unpaired) electrons. The molecule has 0 aromatic carbocycles. The lowest BCUT2D eigenvalue weighted by Crippen LogP contribution is -2.47. The zero-order valence-corrected chi connectivity index (χ0v) is 10.7. The van der Waals surface area contributed by atoms with Gasteiger partial charge >= 0.3 is 0 Å². The third-order valence-corrected chi connectivity index (χ3v) is 4.19. The van der Waals surface area contributed by atoms with Crippen molar-refractivity contribution in [2.45, 2.75) is 50.7 Å². The van der Waals surface area contributed by atoms with Gasteiger partial charge in [0.05, 0.1) is 22.4 Å². The zero-order chi connectivity index (χ0) is 11.6. The minimum absolute atomic E-state index is 0.0387. The number of nitrogens with zero attached hydrogens (tertiary/aromatic N) is 1. The molecule has 0 amide bonds. The highest BCUT2D eigenvalue weighted by atomic mass is 32.1. The quantitative estimate of drug-likeness (QED) is 0.883. The first kappa shape index (κ1) is 12.0. The van der Waals surface area contributed by atoms with Crippen LogP contribution >= 0.6 is 11.3 Å². The van der Waals surface area contributed by atoms with Gasteiger partial charge in [0.15, 0.2) is 0 Å². The zero-order valence-electron chi connectivity index (χ0n) is 9.90. The molecule has 0 saturated heterocycles. The van der Waals surface area contributed by atoms with Crippen molar-refractivity contribution in [3.05, 3.63) is 16.1 Å². The predicted molar refractivity (Wildman–Crippen MR) is 64.8 cm³/mol. The van der Waals surface area contributed by atoms with Crippen molar-refractivity contribution < 1.29 is 9.84 Å². The Bertz CT molecular complexity index is 353. The fourth-order valence-electron chi connectivity index (χ4n) is 2.53. The van der Waals surface area contributed by atoms with Gasteiger partial charge in [0.2, 0.25) is 0 Å². The van der Waals surface area contributed by atoms with Crippen molar-refractivity contribution in [2.24, 2.45) is 0 Å². The summed E-state index contributed by atoms with van der Waals surface area (Å²) >= 11 is 1.64. The van der Waals surface area contributed by atoms with Crippen LogP contribution < -0.4 is 0 Å². The molecule has 1 aliphatic rings. The SMILES string of the molecule is COC1CCCCC1(O)Cc1csc(C)n1. The van der Waals surface area contributed by atoms with E-state index < -0.39 is 5.60 Å². The fourth-order valence-corrected chi connectivity index (χ4v) is 3.15. The molecule has 90 valence electrons. The Morgan fingerprint density at radius 1 is 1.62 bits per heavy atom. The van der Waals surface area contributed by atoms with Crippen molar-refractivity contribution in [3.8, 4) is 0 Å². The summed E-state index contributed by atoms with van der Waals surface area (Å²) in [5.74, 6) is 0. The first-order valence-corrected chi connectivity index (χ1v) is 6.68. The minimum Gasteiger partial charge on any atom is -0.387 e. The second-order valence-electron chi connectivity index (χ2n) is 4.61. The maximum absolute atomic E-state index is 10.6. The second-order valence-corrected chi connectivity index (χ2v) is 5.67. The van der Waals surface area contributed by atoms with E-state index in [0.29, 0.717) is 6.42 Å². The van der Waals surface area contributed by atoms with Gasteiger partial charge in [0.25, 0.3) is 0 Å². The normalized spacial score (nSPS) is 30.6. The van der Waals surface area contributed by atoms with Gasteiger partial charge in [-0.3, -0.25) is 0 Å². The largest absolute Gasteiger partial charge is 0.387 e. The van der Waals surface area contributed by atoms with Gasteiger partial charge in [-0.2, -0.15) is 0 Å². The minimum atomic E-state index is -0.715. The molecule has 1 fully saturated rings. The van der Waals surface area contributed by atoms with E-state index in [1.807, 2.05) is 12.3 Å². The smallest absolute Gasteiger partial charge is 0.0963 e. The molecular weight excluding hydrogens is 222 g/mol. The molecule has 1 N–H and O–H groups in total. The lowest BCUT2D eigenvalue weighted by molar-refractivity contribution is -0.116. The van der Waals surface area contributed by atoms with Crippen molar-refractivity contribution in [3.63, 3.8) is 0 Å². The molecule has 1 aromatic rings. The molecule has 1 aliphatic carbocycles. The first-order chi connectivity index (χ1) is 7.64. The summed E-state index contributed by atoms with van der Waals surface area (Å²) in [7, 11) is 1.69. The summed E-state index contributed by atoms with van der Waals surface area (Å²) in [6.07, 6.45) is 4.59. The molecule has 2 atom stereocenters. The highest BCUT2D eigenvalue weighted by molar-refractivity contribution is 7.09. The van der Waals surface area contributed by atoms with Crippen LogP contribution in [0.15, 0.2) is 5.38 Å². The van der Waals surface area contributed by atoms with Gasteiger partial charge in [0.1, 0.15) is 0 Å². The van der Waals surface area contributed by atoms with E-state index in [2.05, 4.69) is 4.98 Å². The molecule has 1 saturated carbocycles. The summed E-state index contributed by atoms with van der Waals surface area (Å²) in [6.45, 7) is 1.99. The second kappa shape index (κ2) is 4.82. The molecule has 2 rings (SSSR count). The average Bonchev–Trinajstić information content (AvgIpc) is 2.64. The van der Waals surface area contributed by atoms with Crippen LogP contribution in [0.3, 0.4) is 0 Å². The van der Waals surface area contributed by atoms with Crippen LogP contribution in [0, 0.1) is 6.92 Å². The Morgan fingerprint density at radius 2 is 2.44 bits per heavy atom. The average molecular weight is 241 g/mol. The molecule has 0 spiro atoms. The van der Waals surface area contributed by atoms with Gasteiger partial charge in [-0.05, 0) is 19.8 Å². The van der Waals surface area contributed by atoms with Crippen molar-refractivity contribution >= 4 is 11.3 Å². The predicted octanol–water partition coefficient (Wildman–Crippen LogP) is 2.31. The van der Waals surface area contributed by atoms with Crippen LogP contribution in [-0.4, -0.2) is 28.9 Å². The van der Waals surface area contributed by atoms with Gasteiger partial charge in [-0.15, -0.1) is 11.3 Å². The summed E-state index contributed by atoms with van der Waals surface area (Å²) in [5, 5.41) is 13.7. The number of aromatic nitrogens is 1. The topological polar surface area (TPSA) is 42.4 Å². The molecule has 2 unspecified atom stereocenters. The van der Waals surface area contributed by atoms with E-state index in [4.69, 9.17) is 4.74 Å². The van der Waals surface area contributed by atoms with Crippen LogP contribution in [0.25, 0.3) is 0 Å². The Morgan fingerprint density at radius 3 is 3.06 bits per heavy atom. The summed E-state index contributed by atoms with van der Waals surface area (Å²) in [4.78, 5) is 4.42. The molecule has 4 heteroatoms. The van der Waals surface area contributed by atoms with Gasteiger partial charge in [0, 0.05) is 18.9 Å². The molecule has 1 heterocycles. The molecular formula is C12H19NO2S. The fraction of sp³-hybridized carbons (Fsp3) is 0.750. The van der Waals surface area contributed by atoms with E-state index in [0.717, 1.165) is 36.4 Å². The Balaban J connectivity index is 2.10. The number of hydrogen-bond donors (Lipinski definition) is 1. The van der Waals surface area contributed by atoms with Gasteiger partial charge in [-0.1, -0.05) is 12.8 Å². The van der Waals surface area contributed by atoms with E-state index in [9.17, 15) is 5.11 Å². The van der Waals surface area contributed by atoms with Crippen molar-refractivity contribution in [2.75, 3.05) is 7.11 Å². The summed E-state index contributed by atoms with van der Waals surface area (Å²) < 4.78 is 5.41. The van der Waals surface area contributed by atoms with E-state index >= 15 is 0 Å². The van der Waals surface area contributed by atoms with Crippen LogP contribution in [-0.2, 0) is 11.2 Å². The third-order valence-electron chi connectivity index (χ3n) is 3.36. The molecule has 0 bridgehead atoms. The Hall–Kier alpha value is -0.450. The Labute approximate surface area is 100 Å². The number of aliphatic hydroxyl groups is 1. The van der Waals surface area contributed by atoms with Crippen LogP contribution in [0.5, 0.6) is 0 Å². The lowest BCUT2D eigenvalue weighted by Gasteiger charge is -2.38. The highest BCUT2D eigenvalue weighted by Crippen LogP contribution is 2.33. The van der Waals surface area contributed by atoms with Crippen molar-refractivity contribution in [1.82, 2.24) is 4.98 Å². The molecule has 1 aromatic heterocycles. The van der Waals surface area contributed by atoms with E-state index in [1.165, 1.54) is 0 Å². The van der Waals surface area contributed by atoms with Crippen LogP contribution in [0.2, 0.25) is 0 Å². The van der Waals surface area contributed by atoms with Gasteiger partial charge in [-0.25, -0.2) is 4.98 Å². The highest BCUT2D eigenvalue weighted by Gasteiger charge is 2.39. The summed E-state index contributed by atoms with van der Waals surface area (Å²) in [5.41, 5.74) is 0.280. The van der Waals surface area contributed by atoms with Crippen molar-refractivity contribution in [1.29, 1.82) is 0 Å². The standard InChI is InChI=1S/C12H19NO2S/c1-9-13-10(8-16-9)7-12(14)6-4-3-5-11(12)15-2/h8,11,14H,3-7H2,1-2H3. The summed E-state index contributed by atoms with van der Waals surface area (Å²) in [6, 6.07) is 0. The number of methoxy groups -OCH3 is 1. The van der Waals surface area contributed by atoms with Crippen LogP contribution in [0.1, 0.15) is 36.4 Å². The monoisotopic (exact) mass is 241 g/mol. The van der Waals surface area contributed by atoms with E-state index in [-0.39, 0.29) is 6.10 Å². The maximum Gasteiger partial charge on any atom is 0.0963 e. The van der Waals surface area contributed by atoms with Gasteiger partial charge < -0.3 is 9.84 Å². The number of hydrogen-bond acceptors (Lipinski definition) is 4. The number of ether oxygens (including phenoxy) is 1. The number of aryl methyl sites for hydroxylation is 1. The van der Waals surface area contributed by atoms with E-state index in [1.54, 1.807) is 18.4 Å². The lowest BCUT2D eigenvalue weighted by atomic mass is 9.79. The van der Waals surface area contributed by atoms with Crippen LogP contribution in [0.4, 0.5) is 0 Å². The Kier molecular flexibility index (Phi) is 3.62.